The second-order valence-corrected chi connectivity index (χ2v) is 18.1. The van der Waals surface area contributed by atoms with Crippen LogP contribution in [0.25, 0.3) is 24.4 Å². The molecule has 0 N–H and O–H groups in total. The maximum atomic E-state index is 13.0. The predicted molar refractivity (Wildman–Crippen MR) is 202 cm³/mol. The Balaban J connectivity index is 1.40. The number of thiophene rings is 3. The number of thiocarbonyl (C=S) groups is 1. The van der Waals surface area contributed by atoms with Gasteiger partial charge in [-0.15, -0.1) is 34.0 Å². The molecule has 5 heterocycles. The monoisotopic (exact) mass is 684 g/mol. The lowest BCUT2D eigenvalue weighted by Gasteiger charge is -2.04. The molecular weight excluding hydrogens is 641 g/mol. The molecule has 0 unspecified atom stereocenters. The number of hydrogen-bond acceptors (Lipinski definition) is 7. The highest BCUT2D eigenvalue weighted by molar-refractivity contribution is 8.31. The van der Waals surface area contributed by atoms with Gasteiger partial charge in [-0.3, -0.25) is 4.79 Å². The molecule has 230 valence electrons. The van der Waals surface area contributed by atoms with Crippen LogP contribution in [-0.4, -0.2) is 9.31 Å². The van der Waals surface area contributed by atoms with Crippen LogP contribution in [0.2, 0.25) is 0 Å². The van der Waals surface area contributed by atoms with Crippen molar-refractivity contribution in [3.8, 4) is 19.5 Å². The second kappa shape index (κ2) is 16.0. The molecule has 0 radical (unpaired) electrons. The Morgan fingerprint density at radius 1 is 0.628 bits per heavy atom. The van der Waals surface area contributed by atoms with Crippen molar-refractivity contribution < 1.29 is 4.79 Å². The van der Waals surface area contributed by atoms with Crippen LogP contribution < -0.4 is 0 Å². The average molecular weight is 685 g/mol. The first-order chi connectivity index (χ1) is 20.9. The highest BCUT2D eigenvalue weighted by atomic mass is 32.2. The Bertz CT molecular complexity index is 1510. The van der Waals surface area contributed by atoms with Crippen molar-refractivity contribution >= 4 is 84.0 Å². The van der Waals surface area contributed by atoms with Crippen LogP contribution in [0.5, 0.6) is 0 Å². The number of carbonyl (C=O) groups is 1. The lowest BCUT2D eigenvalue weighted by Crippen LogP contribution is -1.93. The van der Waals surface area contributed by atoms with E-state index < -0.39 is 0 Å². The molecule has 1 nitrogen and oxygen atoms in total. The molecule has 0 spiro atoms. The van der Waals surface area contributed by atoms with Gasteiger partial charge in [-0.25, -0.2) is 0 Å². The Morgan fingerprint density at radius 2 is 1.19 bits per heavy atom. The standard InChI is InChI=1S/C36H44OS6/c1-5-7-9-11-13-15-17-25-21-23(3)39-32(25)27-19-20-28(41-27)33-26(18-16-14-12-10-8-6-2)22-29(42-33)34-31-30(36(38)43-34)24(4)40-35(31)37/h19-22H,5-18H2,1-4H3. The normalized spacial score (nSPS) is 15.1. The largest absolute Gasteiger partial charge is 0.281 e. The van der Waals surface area contributed by atoms with Crippen LogP contribution >= 0.6 is 69.8 Å². The van der Waals surface area contributed by atoms with Gasteiger partial charge in [0.25, 0.3) is 0 Å². The molecule has 0 saturated heterocycles. The third kappa shape index (κ3) is 8.07. The van der Waals surface area contributed by atoms with E-state index in [-0.39, 0.29) is 5.12 Å². The van der Waals surface area contributed by atoms with Gasteiger partial charge in [-0.1, -0.05) is 114 Å². The molecule has 5 rings (SSSR count). The van der Waals surface area contributed by atoms with Crippen molar-refractivity contribution in [1.29, 1.82) is 0 Å². The smallest absolute Gasteiger partial charge is 0.225 e. The van der Waals surface area contributed by atoms with Gasteiger partial charge in [0.15, 0.2) is 0 Å². The highest BCUT2D eigenvalue weighted by Gasteiger charge is 2.38. The average Bonchev–Trinajstić information content (AvgIpc) is 3.79. The summed E-state index contributed by atoms with van der Waals surface area (Å²) in [5.74, 6) is 0. The molecule has 43 heavy (non-hydrogen) atoms. The predicted octanol–water partition coefficient (Wildman–Crippen LogP) is 13.7. The summed E-state index contributed by atoms with van der Waals surface area (Å²) in [6.45, 7) is 8.85. The minimum Gasteiger partial charge on any atom is -0.281 e. The van der Waals surface area contributed by atoms with Crippen LogP contribution in [0.3, 0.4) is 0 Å². The van der Waals surface area contributed by atoms with E-state index >= 15 is 0 Å². The number of hydrogen-bond donors (Lipinski definition) is 0. The summed E-state index contributed by atoms with van der Waals surface area (Å²) in [5, 5.41) is 0.159. The first-order valence-corrected chi connectivity index (χ1v) is 20.6. The van der Waals surface area contributed by atoms with Gasteiger partial charge in [-0.05, 0) is 79.8 Å². The summed E-state index contributed by atoms with van der Waals surface area (Å²) < 4.78 is 0.859. The summed E-state index contributed by atoms with van der Waals surface area (Å²) in [5.41, 5.74) is 4.84. The van der Waals surface area contributed by atoms with Crippen molar-refractivity contribution in [2.24, 2.45) is 0 Å². The zero-order valence-electron chi connectivity index (χ0n) is 26.1. The van der Waals surface area contributed by atoms with E-state index in [0.717, 1.165) is 31.6 Å². The molecule has 7 heteroatoms. The third-order valence-electron chi connectivity index (χ3n) is 8.30. The lowest BCUT2D eigenvalue weighted by atomic mass is 10.0. The molecule has 0 bridgehead atoms. The molecule has 2 aliphatic rings. The van der Waals surface area contributed by atoms with Crippen LogP contribution in [0, 0.1) is 6.92 Å². The van der Waals surface area contributed by atoms with Gasteiger partial charge in [-0.2, -0.15) is 0 Å². The summed E-state index contributed by atoms with van der Waals surface area (Å²) in [6.07, 6.45) is 18.1. The van der Waals surface area contributed by atoms with Gasteiger partial charge < -0.3 is 0 Å². The molecule has 0 amide bonds. The van der Waals surface area contributed by atoms with E-state index in [0.29, 0.717) is 0 Å². The van der Waals surface area contributed by atoms with E-state index in [4.69, 9.17) is 12.2 Å². The number of thioether (sulfide) groups is 2. The minimum atomic E-state index is 0.159. The summed E-state index contributed by atoms with van der Waals surface area (Å²) in [4.78, 5) is 23.4. The molecular formula is C36H44OS6. The van der Waals surface area contributed by atoms with Gasteiger partial charge in [0, 0.05) is 39.7 Å². The van der Waals surface area contributed by atoms with E-state index in [1.54, 1.807) is 11.8 Å². The fraction of sp³-hybridized carbons (Fsp3) is 0.500. The molecule has 2 aliphatic heterocycles. The van der Waals surface area contributed by atoms with Gasteiger partial charge >= 0.3 is 0 Å². The molecule has 0 aliphatic carbocycles. The van der Waals surface area contributed by atoms with E-state index in [2.05, 4.69) is 45.0 Å². The fourth-order valence-corrected chi connectivity index (χ4v) is 12.4. The van der Waals surface area contributed by atoms with Crippen LogP contribution in [0.4, 0.5) is 0 Å². The van der Waals surface area contributed by atoms with Crippen molar-refractivity contribution in [2.45, 2.75) is 118 Å². The minimum absolute atomic E-state index is 0.159. The fourth-order valence-electron chi connectivity index (χ4n) is 6.01. The van der Waals surface area contributed by atoms with E-state index in [1.165, 1.54) is 136 Å². The molecule has 3 aromatic heterocycles. The van der Waals surface area contributed by atoms with Gasteiger partial charge in [0.05, 0.1) is 9.77 Å². The molecule has 0 atom stereocenters. The number of fused-ring (bicyclic) bond motifs is 1. The summed E-state index contributed by atoms with van der Waals surface area (Å²) >= 11 is 14.5. The number of aryl methyl sites for hydroxylation is 3. The Labute approximate surface area is 285 Å². The maximum Gasteiger partial charge on any atom is 0.225 e. The third-order valence-corrected chi connectivity index (χ3v) is 14.5. The highest BCUT2D eigenvalue weighted by Crippen LogP contribution is 2.55. The number of allylic oxidation sites excluding steroid dienone is 1. The first kappa shape index (κ1) is 33.4. The van der Waals surface area contributed by atoms with Crippen molar-refractivity contribution in [3.05, 3.63) is 61.2 Å². The van der Waals surface area contributed by atoms with E-state index in [9.17, 15) is 4.79 Å². The Morgan fingerprint density at radius 3 is 1.81 bits per heavy atom. The SMILES string of the molecule is CCCCCCCCc1cc(C)sc1-c1ccc(-c2sc(C3=C4C(=O)SC(C)=C4C(=S)S3)cc2CCCCCCCC)s1. The topological polar surface area (TPSA) is 17.1 Å². The molecule has 3 aromatic rings. The van der Waals surface area contributed by atoms with Crippen LogP contribution in [0.1, 0.15) is 119 Å². The Kier molecular flexibility index (Phi) is 12.5. The lowest BCUT2D eigenvalue weighted by molar-refractivity contribution is -0.107. The molecule has 0 aromatic carbocycles. The quantitative estimate of drug-likeness (QED) is 0.104. The summed E-state index contributed by atoms with van der Waals surface area (Å²) in [6, 6.07) is 9.51. The number of unbranched alkanes of at least 4 members (excludes halogenated alkanes) is 10. The summed E-state index contributed by atoms with van der Waals surface area (Å²) in [7, 11) is 0. The van der Waals surface area contributed by atoms with Gasteiger partial charge in [0.1, 0.15) is 0 Å². The van der Waals surface area contributed by atoms with Crippen LogP contribution in [-0.2, 0) is 17.6 Å². The van der Waals surface area contributed by atoms with Gasteiger partial charge in [0.2, 0.25) is 5.12 Å². The molecule has 0 fully saturated rings. The second-order valence-electron chi connectivity index (χ2n) is 11.8. The molecule has 0 saturated carbocycles. The zero-order chi connectivity index (χ0) is 30.3. The first-order valence-electron chi connectivity index (χ1n) is 16.1. The number of rotatable bonds is 17. The van der Waals surface area contributed by atoms with Crippen molar-refractivity contribution in [2.75, 3.05) is 0 Å². The van der Waals surface area contributed by atoms with E-state index in [1.807, 2.05) is 40.9 Å². The van der Waals surface area contributed by atoms with Crippen molar-refractivity contribution in [3.63, 3.8) is 0 Å². The zero-order valence-corrected chi connectivity index (χ0v) is 31.0. The van der Waals surface area contributed by atoms with Crippen LogP contribution in [0.15, 0.2) is 40.3 Å². The Hall–Kier alpha value is -0.960. The number of carbonyl (C=O) groups excluding carboxylic acids is 1. The maximum absolute atomic E-state index is 13.0. The van der Waals surface area contributed by atoms with Crippen molar-refractivity contribution in [1.82, 2.24) is 0 Å².